The first-order valence-corrected chi connectivity index (χ1v) is 16.2. The van der Waals surface area contributed by atoms with E-state index in [9.17, 15) is 14.3 Å². The Morgan fingerprint density at radius 3 is 2.77 bits per heavy atom. The summed E-state index contributed by atoms with van der Waals surface area (Å²) < 4.78 is 25.1. The number of hydrogen-bond donors (Lipinski definition) is 1. The summed E-state index contributed by atoms with van der Waals surface area (Å²) in [6, 6.07) is 15.7. The van der Waals surface area contributed by atoms with Crippen molar-refractivity contribution in [2.24, 2.45) is 0 Å². The molecule has 7 rings (SSSR count). The van der Waals surface area contributed by atoms with Crippen molar-refractivity contribution in [1.82, 2.24) is 34.0 Å². The molecule has 6 aromatic rings. The number of piperidine rings is 1. The van der Waals surface area contributed by atoms with Crippen molar-refractivity contribution in [2.45, 2.75) is 51.9 Å². The molecule has 0 saturated carbocycles. The summed E-state index contributed by atoms with van der Waals surface area (Å²) in [5, 5.41) is 19.4. The van der Waals surface area contributed by atoms with Crippen LogP contribution in [-0.2, 0) is 26.2 Å². The van der Waals surface area contributed by atoms with Gasteiger partial charge in [-0.2, -0.15) is 5.26 Å². The minimum Gasteiger partial charge on any atom is -0.478 e. The second kappa shape index (κ2) is 12.9. The Kier molecular flexibility index (Phi) is 8.36. The number of fused-ring (bicyclic) bond motifs is 2. The van der Waals surface area contributed by atoms with Gasteiger partial charge in [-0.1, -0.05) is 6.07 Å². The number of carboxylic acid groups (broad SMARTS) is 1. The molecule has 13 heteroatoms. The Bertz CT molecular complexity index is 2140. The molecule has 0 unspecified atom stereocenters. The molecule has 0 atom stereocenters. The summed E-state index contributed by atoms with van der Waals surface area (Å²) >= 11 is 1.30. The molecule has 0 radical (unpaired) electrons. The second-order valence-electron chi connectivity index (χ2n) is 11.6. The molecule has 238 valence electrons. The highest BCUT2D eigenvalue weighted by atomic mass is 32.1. The smallest absolute Gasteiger partial charge is 0.335 e. The molecular formula is C34H31FN8O3S. The van der Waals surface area contributed by atoms with Crippen molar-refractivity contribution in [3.63, 3.8) is 0 Å². The van der Waals surface area contributed by atoms with Gasteiger partial charge >= 0.3 is 5.97 Å². The first-order valence-electron chi connectivity index (χ1n) is 15.4. The number of nitrogens with zero attached hydrogens (tertiary/aromatic N) is 8. The number of carbonyl (C=O) groups is 1. The number of ether oxygens (including phenoxy) is 1. The fraction of sp³-hybridized carbons (Fsp3) is 0.294. The molecule has 1 fully saturated rings. The van der Waals surface area contributed by atoms with Gasteiger partial charge in [-0.15, -0.1) is 11.3 Å². The van der Waals surface area contributed by atoms with Gasteiger partial charge in [0.1, 0.15) is 23.0 Å². The predicted molar refractivity (Wildman–Crippen MR) is 174 cm³/mol. The molecule has 1 aliphatic rings. The average Bonchev–Trinajstić information content (AvgIpc) is 3.81. The van der Waals surface area contributed by atoms with E-state index in [2.05, 4.69) is 30.9 Å². The van der Waals surface area contributed by atoms with E-state index in [-0.39, 0.29) is 29.2 Å². The number of halogens is 1. The molecule has 0 amide bonds. The number of benzene rings is 2. The minimum atomic E-state index is -0.966. The summed E-state index contributed by atoms with van der Waals surface area (Å²) in [5.74, 6) is 0.167. The molecule has 1 aliphatic heterocycles. The molecule has 11 nitrogen and oxygen atoms in total. The van der Waals surface area contributed by atoms with E-state index in [4.69, 9.17) is 20.0 Å². The molecule has 0 aliphatic carbocycles. The first kappa shape index (κ1) is 30.5. The summed E-state index contributed by atoms with van der Waals surface area (Å²) in [7, 11) is 0. The number of thiazole rings is 1. The third-order valence-electron chi connectivity index (χ3n) is 8.61. The number of carboxylic acids is 1. The lowest BCUT2D eigenvalue weighted by Crippen LogP contribution is -2.33. The monoisotopic (exact) mass is 650 g/mol. The van der Waals surface area contributed by atoms with E-state index in [1.165, 1.54) is 17.4 Å². The third kappa shape index (κ3) is 6.30. The standard InChI is InChI=1S/C34H31FN8O3S/c1-2-42-20-37-16-24(42)17-43-28-14-23(34(44)45)6-7-27(28)38-30(43)18-41-10-8-22(9-11-41)26-4-3-5-31(39-26)46-19-32-40-33-25(35)12-21(15-36)13-29(33)47-32/h3-7,12-14,16,20,22H,2,8-11,17-19H2,1H3,(H,44,45). The molecule has 1 saturated heterocycles. The van der Waals surface area contributed by atoms with Crippen LogP contribution in [0.3, 0.4) is 0 Å². The van der Waals surface area contributed by atoms with Crippen LogP contribution in [0.25, 0.3) is 21.3 Å². The first-order chi connectivity index (χ1) is 22.9. The minimum absolute atomic E-state index is 0.156. The van der Waals surface area contributed by atoms with E-state index >= 15 is 0 Å². The van der Waals surface area contributed by atoms with E-state index in [0.717, 1.165) is 60.7 Å². The van der Waals surface area contributed by atoms with Gasteiger partial charge in [0.2, 0.25) is 5.88 Å². The lowest BCUT2D eigenvalue weighted by atomic mass is 9.93. The summed E-state index contributed by atoms with van der Waals surface area (Å²) in [6.45, 7) is 5.91. The zero-order chi connectivity index (χ0) is 32.5. The summed E-state index contributed by atoms with van der Waals surface area (Å²) in [6.07, 6.45) is 5.49. The van der Waals surface area contributed by atoms with Crippen LogP contribution in [0.4, 0.5) is 4.39 Å². The quantitative estimate of drug-likeness (QED) is 0.190. The Morgan fingerprint density at radius 2 is 1.98 bits per heavy atom. The molecule has 0 spiro atoms. The van der Waals surface area contributed by atoms with Gasteiger partial charge in [0.15, 0.2) is 5.82 Å². The SMILES string of the molecule is CCn1cncc1Cn1c(CN2CCC(c3cccc(OCc4nc5c(F)cc(C#N)cc5s4)n3)CC2)nc2ccc(C(=O)O)cc21. The highest BCUT2D eigenvalue weighted by Gasteiger charge is 2.24. The zero-order valence-corrected chi connectivity index (χ0v) is 26.5. The van der Waals surface area contributed by atoms with Gasteiger partial charge < -0.3 is 19.0 Å². The number of rotatable bonds is 10. The van der Waals surface area contributed by atoms with Crippen molar-refractivity contribution in [3.05, 3.63) is 100 Å². The lowest BCUT2D eigenvalue weighted by molar-refractivity contribution is 0.0697. The van der Waals surface area contributed by atoms with Crippen LogP contribution in [0.5, 0.6) is 5.88 Å². The van der Waals surface area contributed by atoms with E-state index in [0.29, 0.717) is 28.7 Å². The van der Waals surface area contributed by atoms with Crippen LogP contribution >= 0.6 is 11.3 Å². The van der Waals surface area contributed by atoms with Crippen LogP contribution in [0.15, 0.2) is 61.1 Å². The van der Waals surface area contributed by atoms with Crippen LogP contribution in [-0.4, -0.2) is 58.1 Å². The highest BCUT2D eigenvalue weighted by molar-refractivity contribution is 7.18. The van der Waals surface area contributed by atoms with Crippen molar-refractivity contribution >= 4 is 38.6 Å². The van der Waals surface area contributed by atoms with Gasteiger partial charge in [0.25, 0.3) is 0 Å². The van der Waals surface area contributed by atoms with Gasteiger partial charge in [0.05, 0.1) is 58.0 Å². The van der Waals surface area contributed by atoms with Gasteiger partial charge in [-0.25, -0.2) is 29.1 Å². The number of aromatic nitrogens is 6. The Hall–Kier alpha value is -5.19. The molecule has 47 heavy (non-hydrogen) atoms. The average molecular weight is 651 g/mol. The maximum absolute atomic E-state index is 14.3. The molecule has 1 N–H and O–H groups in total. The zero-order valence-electron chi connectivity index (χ0n) is 25.6. The van der Waals surface area contributed by atoms with E-state index < -0.39 is 11.8 Å². The van der Waals surface area contributed by atoms with E-state index in [1.807, 2.05) is 36.8 Å². The van der Waals surface area contributed by atoms with Crippen LogP contribution < -0.4 is 4.74 Å². The number of aromatic carboxylic acids is 1. The molecule has 4 aromatic heterocycles. The molecule has 0 bridgehead atoms. The van der Waals surface area contributed by atoms with Gasteiger partial charge in [-0.3, -0.25) is 4.90 Å². The fourth-order valence-corrected chi connectivity index (χ4v) is 7.09. The lowest BCUT2D eigenvalue weighted by Gasteiger charge is -2.31. The molecule has 5 heterocycles. The number of aryl methyl sites for hydroxylation is 1. The molecule has 2 aromatic carbocycles. The number of hydrogen-bond acceptors (Lipinski definition) is 9. The van der Waals surface area contributed by atoms with Crippen LogP contribution in [0.1, 0.15) is 63.8 Å². The highest BCUT2D eigenvalue weighted by Crippen LogP contribution is 2.31. The van der Waals surface area contributed by atoms with E-state index in [1.54, 1.807) is 24.3 Å². The Morgan fingerprint density at radius 1 is 1.13 bits per heavy atom. The Labute approximate surface area is 273 Å². The maximum atomic E-state index is 14.3. The summed E-state index contributed by atoms with van der Waals surface area (Å²) in [4.78, 5) is 32.5. The molecular weight excluding hydrogens is 619 g/mol. The predicted octanol–water partition coefficient (Wildman–Crippen LogP) is 5.97. The van der Waals surface area contributed by atoms with Gasteiger partial charge in [-0.05, 0) is 69.3 Å². The number of nitriles is 1. The van der Waals surface area contributed by atoms with Crippen LogP contribution in [0.2, 0.25) is 0 Å². The normalized spacial score (nSPS) is 14.1. The van der Waals surface area contributed by atoms with Crippen molar-refractivity contribution in [1.29, 1.82) is 5.26 Å². The number of likely N-dealkylation sites (tertiary alicyclic amines) is 1. The number of pyridine rings is 1. The van der Waals surface area contributed by atoms with Crippen molar-refractivity contribution in [3.8, 4) is 11.9 Å². The fourth-order valence-electron chi connectivity index (χ4n) is 6.15. The van der Waals surface area contributed by atoms with Crippen molar-refractivity contribution in [2.75, 3.05) is 13.1 Å². The van der Waals surface area contributed by atoms with Crippen molar-refractivity contribution < 1.29 is 19.0 Å². The Balaban J connectivity index is 1.03. The maximum Gasteiger partial charge on any atom is 0.335 e. The third-order valence-corrected chi connectivity index (χ3v) is 9.59. The largest absolute Gasteiger partial charge is 0.478 e. The summed E-state index contributed by atoms with van der Waals surface area (Å²) in [5.41, 5.74) is 4.31. The second-order valence-corrected chi connectivity index (χ2v) is 12.7. The van der Waals surface area contributed by atoms with Gasteiger partial charge in [0, 0.05) is 30.4 Å². The topological polar surface area (TPSA) is 135 Å². The number of imidazole rings is 2. The van der Waals surface area contributed by atoms with Crippen LogP contribution in [0, 0.1) is 17.1 Å².